The van der Waals surface area contributed by atoms with E-state index in [2.05, 4.69) is 9.71 Å². The third kappa shape index (κ3) is 2.82. The molecule has 5 nitrogen and oxygen atoms in total. The Kier molecular flexibility index (Phi) is 3.41. The summed E-state index contributed by atoms with van der Waals surface area (Å²) in [5, 5.41) is 1.71. The molecule has 0 aromatic carbocycles. The molecule has 7 heteroatoms. The molecule has 2 heterocycles. The molecular formula is C10H11N3O2S2. The molecule has 17 heavy (non-hydrogen) atoms. The molecule has 0 fully saturated rings. The van der Waals surface area contributed by atoms with E-state index in [4.69, 9.17) is 5.73 Å². The molecule has 0 aliphatic heterocycles. The van der Waals surface area contributed by atoms with Gasteiger partial charge in [-0.25, -0.2) is 13.4 Å². The first-order valence-corrected chi connectivity index (χ1v) is 7.19. The van der Waals surface area contributed by atoms with Crippen LogP contribution in [0.25, 0.3) is 0 Å². The van der Waals surface area contributed by atoms with Gasteiger partial charge in [0.05, 0.1) is 0 Å². The van der Waals surface area contributed by atoms with Gasteiger partial charge >= 0.3 is 0 Å². The molecule has 3 N–H and O–H groups in total. The van der Waals surface area contributed by atoms with E-state index < -0.39 is 10.0 Å². The minimum atomic E-state index is -3.53. The van der Waals surface area contributed by atoms with Crippen molar-refractivity contribution in [2.24, 2.45) is 5.73 Å². The van der Waals surface area contributed by atoms with Crippen LogP contribution in [0.2, 0.25) is 0 Å². The van der Waals surface area contributed by atoms with Crippen LogP contribution in [0.1, 0.15) is 5.56 Å². The Hall–Kier alpha value is -1.44. The van der Waals surface area contributed by atoms with Gasteiger partial charge in [-0.1, -0.05) is 6.07 Å². The number of thiophene rings is 1. The van der Waals surface area contributed by atoms with Crippen LogP contribution in [-0.2, 0) is 16.6 Å². The number of rotatable bonds is 4. The van der Waals surface area contributed by atoms with Crippen molar-refractivity contribution >= 4 is 27.2 Å². The molecule has 0 radical (unpaired) electrons. The summed E-state index contributed by atoms with van der Waals surface area (Å²) in [5.41, 5.74) is 6.30. The Morgan fingerprint density at radius 1 is 1.41 bits per heavy atom. The predicted octanol–water partition coefficient (Wildman–Crippen LogP) is 1.40. The van der Waals surface area contributed by atoms with Crippen LogP contribution in [0.3, 0.4) is 0 Å². The van der Waals surface area contributed by atoms with E-state index in [9.17, 15) is 8.42 Å². The van der Waals surface area contributed by atoms with Crippen molar-refractivity contribution in [1.29, 1.82) is 0 Å². The maximum absolute atomic E-state index is 11.9. The van der Waals surface area contributed by atoms with E-state index in [0.717, 1.165) is 16.9 Å². The molecule has 0 amide bonds. The van der Waals surface area contributed by atoms with E-state index in [1.165, 1.54) is 6.20 Å². The minimum Gasteiger partial charge on any atom is -0.326 e. The van der Waals surface area contributed by atoms with Gasteiger partial charge in [-0.3, -0.25) is 4.72 Å². The number of hydrogen-bond donors (Lipinski definition) is 2. The number of nitrogens with two attached hydrogens (primary N) is 1. The Balaban J connectivity index is 2.26. The van der Waals surface area contributed by atoms with Crippen LogP contribution in [0.15, 0.2) is 40.1 Å². The maximum atomic E-state index is 11.9. The summed E-state index contributed by atoms with van der Waals surface area (Å²) >= 11 is 1.16. The Bertz CT molecular complexity index is 594. The molecule has 0 unspecified atom stereocenters. The summed E-state index contributed by atoms with van der Waals surface area (Å²) in [5.74, 6) is 0.279. The van der Waals surface area contributed by atoms with E-state index in [1.54, 1.807) is 29.6 Å². The first kappa shape index (κ1) is 12.0. The summed E-state index contributed by atoms with van der Waals surface area (Å²) in [4.78, 5) is 3.94. The second-order valence-electron chi connectivity index (χ2n) is 3.29. The van der Waals surface area contributed by atoms with Crippen molar-refractivity contribution in [2.45, 2.75) is 10.8 Å². The number of anilines is 1. The number of pyridine rings is 1. The molecule has 90 valence electrons. The van der Waals surface area contributed by atoms with Gasteiger partial charge in [0, 0.05) is 12.7 Å². The Morgan fingerprint density at radius 2 is 2.24 bits per heavy atom. The average molecular weight is 269 g/mol. The molecule has 0 saturated carbocycles. The third-order valence-electron chi connectivity index (χ3n) is 2.06. The molecule has 0 saturated heterocycles. The zero-order valence-corrected chi connectivity index (χ0v) is 10.5. The van der Waals surface area contributed by atoms with Crippen molar-refractivity contribution < 1.29 is 8.42 Å². The predicted molar refractivity (Wildman–Crippen MR) is 67.3 cm³/mol. The molecular weight excluding hydrogens is 258 g/mol. The number of nitrogens with one attached hydrogen (secondary N) is 1. The van der Waals surface area contributed by atoms with Crippen molar-refractivity contribution in [3.8, 4) is 0 Å². The van der Waals surface area contributed by atoms with Crippen LogP contribution in [0, 0.1) is 0 Å². The second-order valence-corrected chi connectivity index (χ2v) is 6.15. The Labute approximate surface area is 103 Å². The van der Waals surface area contributed by atoms with Crippen molar-refractivity contribution in [2.75, 3.05) is 4.72 Å². The van der Waals surface area contributed by atoms with Crippen LogP contribution < -0.4 is 10.5 Å². The first-order valence-electron chi connectivity index (χ1n) is 4.83. The summed E-state index contributed by atoms with van der Waals surface area (Å²) in [6.07, 6.45) is 1.52. The molecule has 0 bridgehead atoms. The molecule has 2 aromatic heterocycles. The fourth-order valence-corrected chi connectivity index (χ4v) is 3.25. The summed E-state index contributed by atoms with van der Waals surface area (Å²) < 4.78 is 26.5. The quantitative estimate of drug-likeness (QED) is 0.878. The lowest BCUT2D eigenvalue weighted by molar-refractivity contribution is 0.603. The van der Waals surface area contributed by atoms with E-state index in [-0.39, 0.29) is 10.0 Å². The number of nitrogens with zero attached hydrogens (tertiary/aromatic N) is 1. The van der Waals surface area contributed by atoms with Gasteiger partial charge in [0.25, 0.3) is 10.0 Å². The Morgan fingerprint density at radius 3 is 2.88 bits per heavy atom. The highest BCUT2D eigenvalue weighted by Crippen LogP contribution is 2.19. The lowest BCUT2D eigenvalue weighted by atomic mass is 10.3. The van der Waals surface area contributed by atoms with Crippen LogP contribution in [-0.4, -0.2) is 13.4 Å². The largest absolute Gasteiger partial charge is 0.326 e. The summed E-state index contributed by atoms with van der Waals surface area (Å²) in [7, 11) is -3.53. The van der Waals surface area contributed by atoms with Crippen LogP contribution in [0.5, 0.6) is 0 Å². The molecule has 0 atom stereocenters. The summed E-state index contributed by atoms with van der Waals surface area (Å²) in [6, 6.07) is 6.58. The van der Waals surface area contributed by atoms with E-state index in [0.29, 0.717) is 6.54 Å². The first-order chi connectivity index (χ1) is 8.12. The third-order valence-corrected chi connectivity index (χ3v) is 4.81. The second kappa shape index (κ2) is 4.82. The van der Waals surface area contributed by atoms with E-state index in [1.807, 2.05) is 0 Å². The maximum Gasteiger partial charge on any atom is 0.272 e. The molecule has 2 aromatic rings. The zero-order chi connectivity index (χ0) is 12.3. The monoisotopic (exact) mass is 269 g/mol. The number of aromatic nitrogens is 1. The van der Waals surface area contributed by atoms with Gasteiger partial charge in [-0.05, 0) is 29.1 Å². The van der Waals surface area contributed by atoms with Gasteiger partial charge < -0.3 is 5.73 Å². The van der Waals surface area contributed by atoms with Gasteiger partial charge in [0.15, 0.2) is 0 Å². The van der Waals surface area contributed by atoms with Gasteiger partial charge in [0.1, 0.15) is 10.0 Å². The number of sulfonamides is 1. The number of hydrogen-bond acceptors (Lipinski definition) is 5. The van der Waals surface area contributed by atoms with Gasteiger partial charge in [0.2, 0.25) is 0 Å². The van der Waals surface area contributed by atoms with Crippen molar-refractivity contribution in [3.05, 3.63) is 41.4 Å². The highest BCUT2D eigenvalue weighted by molar-refractivity contribution is 7.94. The topological polar surface area (TPSA) is 85.1 Å². The fourth-order valence-electron chi connectivity index (χ4n) is 1.26. The van der Waals surface area contributed by atoms with Crippen LogP contribution >= 0.6 is 11.3 Å². The lowest BCUT2D eigenvalue weighted by Gasteiger charge is -2.06. The average Bonchev–Trinajstić information content (AvgIpc) is 2.83. The minimum absolute atomic E-state index is 0.262. The van der Waals surface area contributed by atoms with Crippen LogP contribution in [0.4, 0.5) is 5.82 Å². The smallest absolute Gasteiger partial charge is 0.272 e. The lowest BCUT2D eigenvalue weighted by Crippen LogP contribution is -2.13. The highest BCUT2D eigenvalue weighted by Gasteiger charge is 2.15. The standard InChI is InChI=1S/C10H11N3O2S2/c11-7-8-3-4-12-9(6-8)13-17(14,15)10-2-1-5-16-10/h1-6H,7,11H2,(H,12,13). The fraction of sp³-hybridized carbons (Fsp3) is 0.100. The van der Waals surface area contributed by atoms with Gasteiger partial charge in [-0.15, -0.1) is 11.3 Å². The highest BCUT2D eigenvalue weighted by atomic mass is 32.2. The van der Waals surface area contributed by atoms with Gasteiger partial charge in [-0.2, -0.15) is 0 Å². The molecule has 0 spiro atoms. The normalized spacial score (nSPS) is 11.4. The molecule has 0 aliphatic rings. The van der Waals surface area contributed by atoms with Crippen molar-refractivity contribution in [3.63, 3.8) is 0 Å². The molecule has 2 rings (SSSR count). The summed E-state index contributed by atoms with van der Waals surface area (Å²) in [6.45, 7) is 0.344. The van der Waals surface area contributed by atoms with Crippen molar-refractivity contribution in [1.82, 2.24) is 4.98 Å². The van der Waals surface area contributed by atoms with E-state index >= 15 is 0 Å². The zero-order valence-electron chi connectivity index (χ0n) is 8.83. The molecule has 0 aliphatic carbocycles. The SMILES string of the molecule is NCc1ccnc(NS(=O)(=O)c2cccs2)c1.